The van der Waals surface area contributed by atoms with Crippen molar-refractivity contribution < 1.29 is 8.42 Å². The molecule has 3 rings (SSSR count). The second kappa shape index (κ2) is 5.76. The number of rotatable bonds is 2. The Labute approximate surface area is 140 Å². The minimum absolute atomic E-state index is 0.182. The summed E-state index contributed by atoms with van der Waals surface area (Å²) in [6.07, 6.45) is 6.97. The smallest absolute Gasteiger partial charge is 0.200 e. The zero-order chi connectivity index (χ0) is 16.8. The summed E-state index contributed by atoms with van der Waals surface area (Å²) < 4.78 is 24.2. The summed E-state index contributed by atoms with van der Waals surface area (Å²) in [5.41, 5.74) is 1.07. The molecule has 4 nitrogen and oxygen atoms in total. The van der Waals surface area contributed by atoms with Crippen molar-refractivity contribution in [3.63, 3.8) is 0 Å². The minimum atomic E-state index is -3.38. The molecule has 3 atom stereocenters. The van der Waals surface area contributed by atoms with Crippen molar-refractivity contribution in [2.75, 3.05) is 11.4 Å². The van der Waals surface area contributed by atoms with Crippen LogP contribution in [0.15, 0.2) is 23.4 Å². The van der Waals surface area contributed by atoms with Crippen LogP contribution in [0.3, 0.4) is 0 Å². The van der Waals surface area contributed by atoms with E-state index in [0.29, 0.717) is 12.0 Å². The van der Waals surface area contributed by atoms with Gasteiger partial charge in [-0.1, -0.05) is 19.8 Å². The summed E-state index contributed by atoms with van der Waals surface area (Å²) in [6.45, 7) is 8.54. The topological polar surface area (TPSA) is 50.3 Å². The maximum atomic E-state index is 12.5. The average molecular weight is 337 g/mol. The first-order valence-electron chi connectivity index (χ1n) is 8.69. The molecule has 1 saturated carbocycles. The van der Waals surface area contributed by atoms with E-state index < -0.39 is 14.6 Å². The van der Waals surface area contributed by atoms with Gasteiger partial charge in [-0.05, 0) is 57.6 Å². The Morgan fingerprint density at radius 1 is 1.17 bits per heavy atom. The van der Waals surface area contributed by atoms with Crippen LogP contribution >= 0.6 is 0 Å². The van der Waals surface area contributed by atoms with Crippen molar-refractivity contribution in [1.29, 1.82) is 0 Å². The molecule has 2 heterocycles. The molecule has 0 bridgehead atoms. The first kappa shape index (κ1) is 16.7. The van der Waals surface area contributed by atoms with Crippen LogP contribution in [0, 0.1) is 11.8 Å². The molecule has 1 aliphatic heterocycles. The zero-order valence-corrected chi connectivity index (χ0v) is 15.4. The van der Waals surface area contributed by atoms with Crippen LogP contribution in [-0.4, -0.2) is 30.7 Å². The summed E-state index contributed by atoms with van der Waals surface area (Å²) in [5.74, 6) is 1.49. The second-order valence-corrected chi connectivity index (χ2v) is 10.8. The summed E-state index contributed by atoms with van der Waals surface area (Å²) in [5, 5.41) is 0.182. The molecular formula is C18H28N2O2S. The predicted octanol–water partition coefficient (Wildman–Crippen LogP) is 3.67. The Hall–Kier alpha value is -1.10. The molecule has 2 fully saturated rings. The fraction of sp³-hybridized carbons (Fsp3) is 0.722. The van der Waals surface area contributed by atoms with Gasteiger partial charge in [0.2, 0.25) is 0 Å². The van der Waals surface area contributed by atoms with Crippen LogP contribution in [-0.2, 0) is 9.84 Å². The predicted molar refractivity (Wildman–Crippen MR) is 93.4 cm³/mol. The van der Waals surface area contributed by atoms with Crippen molar-refractivity contribution in [3.05, 3.63) is 18.3 Å². The fourth-order valence-corrected chi connectivity index (χ4v) is 5.15. The van der Waals surface area contributed by atoms with Crippen LogP contribution in [0.5, 0.6) is 0 Å². The first-order valence-corrected chi connectivity index (χ1v) is 10.2. The van der Waals surface area contributed by atoms with Crippen LogP contribution in [0.25, 0.3) is 0 Å². The summed E-state index contributed by atoms with van der Waals surface area (Å²) in [7, 11) is -3.38. The lowest BCUT2D eigenvalue weighted by atomic mass is 9.80. The number of pyridine rings is 1. The zero-order valence-electron chi connectivity index (χ0n) is 14.6. The van der Waals surface area contributed by atoms with Gasteiger partial charge in [-0.3, -0.25) is 0 Å². The highest BCUT2D eigenvalue weighted by atomic mass is 32.2. The Bertz CT molecular complexity index is 661. The normalized spacial score (nSPS) is 28.7. The average Bonchev–Trinajstić information content (AvgIpc) is 2.84. The first-order chi connectivity index (χ1) is 10.7. The number of fused-ring (bicyclic) bond motifs is 1. The Morgan fingerprint density at radius 2 is 1.87 bits per heavy atom. The van der Waals surface area contributed by atoms with E-state index in [0.717, 1.165) is 18.2 Å². The SMILES string of the molecule is CC1CN(c2ccc(S(=O)(=O)C(C)(C)C)nc2)C2CCCCC12. The highest BCUT2D eigenvalue weighted by molar-refractivity contribution is 7.92. The van der Waals surface area contributed by atoms with Crippen molar-refractivity contribution in [1.82, 2.24) is 4.98 Å². The van der Waals surface area contributed by atoms with Crippen LogP contribution in [0.4, 0.5) is 5.69 Å². The van der Waals surface area contributed by atoms with E-state index in [2.05, 4.69) is 16.8 Å². The molecule has 128 valence electrons. The van der Waals surface area contributed by atoms with Gasteiger partial charge in [-0.15, -0.1) is 0 Å². The van der Waals surface area contributed by atoms with Gasteiger partial charge in [0.1, 0.15) is 0 Å². The van der Waals surface area contributed by atoms with Gasteiger partial charge in [0.05, 0.1) is 16.6 Å². The number of hydrogen-bond acceptors (Lipinski definition) is 4. The Kier molecular flexibility index (Phi) is 4.20. The molecule has 0 aromatic carbocycles. The minimum Gasteiger partial charge on any atom is -0.367 e. The fourth-order valence-electron chi connectivity index (χ4n) is 4.08. The molecule has 0 spiro atoms. The van der Waals surface area contributed by atoms with Gasteiger partial charge in [-0.25, -0.2) is 13.4 Å². The van der Waals surface area contributed by atoms with Gasteiger partial charge in [0.25, 0.3) is 0 Å². The van der Waals surface area contributed by atoms with E-state index in [4.69, 9.17) is 0 Å². The van der Waals surface area contributed by atoms with Gasteiger partial charge >= 0.3 is 0 Å². The van der Waals surface area contributed by atoms with Crippen LogP contribution in [0.1, 0.15) is 53.4 Å². The third-order valence-electron chi connectivity index (χ3n) is 5.53. The molecule has 0 radical (unpaired) electrons. The number of sulfone groups is 1. The molecular weight excluding hydrogens is 308 g/mol. The quantitative estimate of drug-likeness (QED) is 0.827. The lowest BCUT2D eigenvalue weighted by molar-refractivity contribution is 0.293. The largest absolute Gasteiger partial charge is 0.367 e. The number of nitrogens with zero attached hydrogens (tertiary/aromatic N) is 2. The standard InChI is InChI=1S/C18H28N2O2S/c1-13-12-20(16-8-6-5-7-15(13)16)14-9-10-17(19-11-14)23(21,22)18(2,3)4/h9-11,13,15-16H,5-8,12H2,1-4H3. The van der Waals surface area contributed by atoms with Crippen molar-refractivity contribution in [3.8, 4) is 0 Å². The Balaban J connectivity index is 1.86. The molecule has 1 aromatic heterocycles. The molecule has 1 saturated heterocycles. The van der Waals surface area contributed by atoms with Gasteiger partial charge in [0, 0.05) is 12.6 Å². The Morgan fingerprint density at radius 3 is 2.48 bits per heavy atom. The monoisotopic (exact) mass is 336 g/mol. The van der Waals surface area contributed by atoms with Crippen molar-refractivity contribution in [2.24, 2.45) is 11.8 Å². The van der Waals surface area contributed by atoms with E-state index in [1.54, 1.807) is 33.0 Å². The summed E-state index contributed by atoms with van der Waals surface area (Å²) in [4.78, 5) is 6.75. The highest BCUT2D eigenvalue weighted by Gasteiger charge is 2.40. The van der Waals surface area contributed by atoms with Gasteiger partial charge in [0.15, 0.2) is 14.9 Å². The lowest BCUT2D eigenvalue weighted by Gasteiger charge is -2.33. The van der Waals surface area contributed by atoms with Crippen molar-refractivity contribution in [2.45, 2.75) is 69.2 Å². The number of hydrogen-bond donors (Lipinski definition) is 0. The molecule has 3 unspecified atom stereocenters. The maximum Gasteiger partial charge on any atom is 0.200 e. The summed E-state index contributed by atoms with van der Waals surface area (Å²) >= 11 is 0. The third-order valence-corrected chi connectivity index (χ3v) is 7.94. The van der Waals surface area contributed by atoms with E-state index in [9.17, 15) is 8.42 Å². The van der Waals surface area contributed by atoms with E-state index in [-0.39, 0.29) is 5.03 Å². The van der Waals surface area contributed by atoms with Crippen LogP contribution < -0.4 is 4.90 Å². The van der Waals surface area contributed by atoms with E-state index in [1.165, 1.54) is 25.7 Å². The lowest BCUT2D eigenvalue weighted by Crippen LogP contribution is -2.35. The van der Waals surface area contributed by atoms with Crippen molar-refractivity contribution >= 4 is 15.5 Å². The van der Waals surface area contributed by atoms with Gasteiger partial charge in [-0.2, -0.15) is 0 Å². The molecule has 1 aromatic rings. The molecule has 2 aliphatic rings. The highest BCUT2D eigenvalue weighted by Crippen LogP contribution is 2.41. The number of aromatic nitrogens is 1. The second-order valence-electron chi connectivity index (χ2n) is 8.12. The molecule has 1 aliphatic carbocycles. The van der Waals surface area contributed by atoms with Gasteiger partial charge < -0.3 is 4.90 Å². The molecule has 0 amide bonds. The maximum absolute atomic E-state index is 12.5. The summed E-state index contributed by atoms with van der Waals surface area (Å²) in [6, 6.07) is 4.22. The molecule has 5 heteroatoms. The molecule has 23 heavy (non-hydrogen) atoms. The third kappa shape index (κ3) is 2.88. The van der Waals surface area contributed by atoms with E-state index >= 15 is 0 Å². The van der Waals surface area contributed by atoms with E-state index in [1.807, 2.05) is 6.07 Å². The van der Waals surface area contributed by atoms with Crippen LogP contribution in [0.2, 0.25) is 0 Å². The number of anilines is 1. The molecule has 0 N–H and O–H groups in total.